The Morgan fingerprint density at radius 1 is 0.935 bits per heavy atom. The number of aromatic amines is 1. The van der Waals surface area contributed by atoms with Crippen LogP contribution >= 0.6 is 0 Å². The van der Waals surface area contributed by atoms with Crippen LogP contribution in [0.1, 0.15) is 0 Å². The van der Waals surface area contributed by atoms with Gasteiger partial charge in [0.15, 0.2) is 10.5 Å². The van der Waals surface area contributed by atoms with Crippen molar-refractivity contribution in [3.05, 3.63) is 79.5 Å². The predicted molar refractivity (Wildman–Crippen MR) is 123 cm³/mol. The first kappa shape index (κ1) is 19.3. The fourth-order valence-corrected chi connectivity index (χ4v) is 4.58. The highest BCUT2D eigenvalue weighted by Crippen LogP contribution is 2.34. The Labute approximate surface area is 182 Å². The van der Waals surface area contributed by atoms with Gasteiger partial charge >= 0.3 is 0 Å². The van der Waals surface area contributed by atoms with Crippen molar-refractivity contribution < 1.29 is 4.55 Å². The van der Waals surface area contributed by atoms with Crippen molar-refractivity contribution in [3.8, 4) is 22.3 Å². The Balaban J connectivity index is 1.65. The van der Waals surface area contributed by atoms with E-state index >= 15 is 0 Å². The fraction of sp³-hybridized carbons (Fsp3) is 0.0870. The maximum atomic E-state index is 13.3. The van der Waals surface area contributed by atoms with E-state index in [4.69, 9.17) is 4.98 Å². The number of aromatic nitrogens is 5. The average molecular weight is 429 g/mol. The Morgan fingerprint density at radius 2 is 1.74 bits per heavy atom. The van der Waals surface area contributed by atoms with Gasteiger partial charge in [-0.2, -0.15) is 5.10 Å². The van der Waals surface area contributed by atoms with Crippen molar-refractivity contribution in [3.63, 3.8) is 0 Å². The molecule has 1 unspecified atom stereocenters. The molecule has 154 valence electrons. The van der Waals surface area contributed by atoms with Crippen molar-refractivity contribution in [2.75, 3.05) is 19.0 Å². The second kappa shape index (κ2) is 7.90. The molecular formula is C23H20N6OS. The molecule has 0 fully saturated rings. The number of rotatable bonds is 5. The molecule has 0 spiro atoms. The number of nitrogens with one attached hydrogen (secondary N) is 1. The molecule has 5 aromatic rings. The number of hydrogen-bond acceptors (Lipinski definition) is 5. The van der Waals surface area contributed by atoms with E-state index in [2.05, 4.69) is 21.2 Å². The highest BCUT2D eigenvalue weighted by atomic mass is 32.2. The lowest BCUT2D eigenvalue weighted by molar-refractivity contribution is 0.587. The van der Waals surface area contributed by atoms with Crippen LogP contribution in [0.25, 0.3) is 33.3 Å². The first-order chi connectivity index (χ1) is 15.1. The zero-order valence-electron chi connectivity index (χ0n) is 17.1. The van der Waals surface area contributed by atoms with Gasteiger partial charge in [-0.05, 0) is 30.3 Å². The quantitative estimate of drug-likeness (QED) is 0.426. The molecule has 5 rings (SSSR count). The number of H-pyrrole nitrogens is 1. The lowest BCUT2D eigenvalue weighted by Gasteiger charge is -2.12. The van der Waals surface area contributed by atoms with E-state index in [1.54, 1.807) is 16.4 Å². The lowest BCUT2D eigenvalue weighted by atomic mass is 10.1. The number of anilines is 1. The van der Waals surface area contributed by atoms with Crippen LogP contribution < -0.4 is 4.90 Å². The maximum Gasteiger partial charge on any atom is 0.187 e. The monoisotopic (exact) mass is 428 g/mol. The van der Waals surface area contributed by atoms with Gasteiger partial charge in [-0.1, -0.05) is 18.2 Å². The van der Waals surface area contributed by atoms with Crippen LogP contribution in [-0.4, -0.2) is 42.8 Å². The molecular weight excluding hydrogens is 408 g/mol. The molecule has 0 saturated heterocycles. The molecule has 0 aliphatic carbocycles. The minimum absolute atomic E-state index is 0.653. The number of pyridine rings is 2. The third-order valence-electron chi connectivity index (χ3n) is 5.08. The number of benzene rings is 1. The smallest absolute Gasteiger partial charge is 0.187 e. The molecule has 7 nitrogen and oxygen atoms in total. The van der Waals surface area contributed by atoms with Gasteiger partial charge in [0.05, 0.1) is 12.4 Å². The lowest BCUT2D eigenvalue weighted by Crippen LogP contribution is -2.12. The standard InChI is InChI=1S/C23H20N6OS/c1-28(2)22-9-8-16(11-24-22)17-10-20-21(18-13-26-27-14-18)15-29(23(20)25-12-17)31(30)19-6-4-3-5-7-19/h3-15H,1-2H3,(H,26,27). The summed E-state index contributed by atoms with van der Waals surface area (Å²) in [5.74, 6) is 0.890. The van der Waals surface area contributed by atoms with Crippen LogP contribution in [0.15, 0.2) is 84.4 Å². The van der Waals surface area contributed by atoms with Gasteiger partial charge in [0, 0.05) is 60.3 Å². The Kier molecular flexibility index (Phi) is 4.93. The zero-order chi connectivity index (χ0) is 21.4. The van der Waals surface area contributed by atoms with Gasteiger partial charge in [-0.25, -0.2) is 9.97 Å². The van der Waals surface area contributed by atoms with Gasteiger partial charge in [-0.3, -0.25) is 5.10 Å². The van der Waals surface area contributed by atoms with Gasteiger partial charge < -0.3 is 9.45 Å². The predicted octanol–water partition coefficient (Wildman–Crippen LogP) is 4.13. The van der Waals surface area contributed by atoms with E-state index in [1.165, 1.54) is 0 Å². The van der Waals surface area contributed by atoms with Crippen molar-refractivity contribution in [2.24, 2.45) is 0 Å². The van der Waals surface area contributed by atoms with Crippen LogP contribution in [0.2, 0.25) is 0 Å². The maximum absolute atomic E-state index is 13.3. The van der Waals surface area contributed by atoms with Crippen LogP contribution in [-0.2, 0) is 11.4 Å². The molecule has 0 amide bonds. The molecule has 0 saturated carbocycles. The van der Waals surface area contributed by atoms with Crippen molar-refractivity contribution in [1.82, 2.24) is 24.1 Å². The van der Waals surface area contributed by atoms with E-state index in [9.17, 15) is 4.55 Å². The van der Waals surface area contributed by atoms with Crippen LogP contribution in [0.3, 0.4) is 0 Å². The van der Waals surface area contributed by atoms with Crippen LogP contribution in [0, 0.1) is 0 Å². The normalized spacial score (nSPS) is 12.2. The molecule has 31 heavy (non-hydrogen) atoms. The van der Waals surface area contributed by atoms with Gasteiger partial charge in [0.1, 0.15) is 17.2 Å². The number of nitrogens with zero attached hydrogens (tertiary/aromatic N) is 5. The third-order valence-corrected chi connectivity index (χ3v) is 6.40. The highest BCUT2D eigenvalue weighted by molar-refractivity contribution is 7.90. The Bertz CT molecular complexity index is 1310. The number of hydrogen-bond donors (Lipinski definition) is 1. The topological polar surface area (TPSA) is 85.7 Å². The molecule has 1 atom stereocenters. The van der Waals surface area contributed by atoms with E-state index in [0.717, 1.165) is 33.5 Å². The summed E-state index contributed by atoms with van der Waals surface area (Å²) in [4.78, 5) is 11.9. The first-order valence-corrected chi connectivity index (χ1v) is 10.8. The minimum Gasteiger partial charge on any atom is -0.587 e. The van der Waals surface area contributed by atoms with Crippen molar-refractivity contribution in [2.45, 2.75) is 4.90 Å². The molecule has 4 heterocycles. The molecule has 1 aromatic carbocycles. The number of fused-ring (bicyclic) bond motifs is 1. The van der Waals surface area contributed by atoms with Crippen molar-refractivity contribution in [1.29, 1.82) is 0 Å². The molecule has 0 aliphatic heterocycles. The van der Waals surface area contributed by atoms with E-state index < -0.39 is 11.4 Å². The largest absolute Gasteiger partial charge is 0.587 e. The second-order valence-electron chi connectivity index (χ2n) is 7.31. The minimum atomic E-state index is -1.42. The average Bonchev–Trinajstić information content (AvgIpc) is 3.47. The molecule has 0 bridgehead atoms. The van der Waals surface area contributed by atoms with Crippen molar-refractivity contribution >= 4 is 28.2 Å². The van der Waals surface area contributed by atoms with E-state index in [-0.39, 0.29) is 0 Å². The summed E-state index contributed by atoms with van der Waals surface area (Å²) in [6.07, 6.45) is 9.10. The first-order valence-electron chi connectivity index (χ1n) is 9.73. The van der Waals surface area contributed by atoms with Gasteiger partial charge in [-0.15, -0.1) is 3.97 Å². The molecule has 4 aromatic heterocycles. The third kappa shape index (κ3) is 3.56. The SMILES string of the molecule is CN(C)c1ccc(-c2cnc3c(c2)c(-c2cn[nH]c2)cn3[S+]([O-])c2ccccc2)cn1. The fourth-order valence-electron chi connectivity index (χ4n) is 3.46. The second-order valence-corrected chi connectivity index (χ2v) is 8.68. The molecule has 0 radical (unpaired) electrons. The molecule has 8 heteroatoms. The van der Waals surface area contributed by atoms with E-state index in [1.807, 2.05) is 80.1 Å². The summed E-state index contributed by atoms with van der Waals surface area (Å²) in [5.41, 5.74) is 4.39. The summed E-state index contributed by atoms with van der Waals surface area (Å²) in [6.45, 7) is 0. The van der Waals surface area contributed by atoms with Crippen LogP contribution in [0.5, 0.6) is 0 Å². The summed E-state index contributed by atoms with van der Waals surface area (Å²) in [7, 11) is 3.92. The highest BCUT2D eigenvalue weighted by Gasteiger charge is 2.22. The summed E-state index contributed by atoms with van der Waals surface area (Å²) >= 11 is -1.42. The summed E-state index contributed by atoms with van der Waals surface area (Å²) in [5, 5.41) is 7.84. The molecule has 0 aliphatic rings. The Morgan fingerprint density at radius 3 is 2.42 bits per heavy atom. The molecule has 1 N–H and O–H groups in total. The van der Waals surface area contributed by atoms with Crippen LogP contribution in [0.4, 0.5) is 5.82 Å². The summed E-state index contributed by atoms with van der Waals surface area (Å²) in [6, 6.07) is 15.4. The van der Waals surface area contributed by atoms with E-state index in [0.29, 0.717) is 10.5 Å². The van der Waals surface area contributed by atoms with Gasteiger partial charge in [0.2, 0.25) is 0 Å². The van der Waals surface area contributed by atoms with Gasteiger partial charge in [0.25, 0.3) is 0 Å². The zero-order valence-corrected chi connectivity index (χ0v) is 17.9. The Hall–Kier alpha value is -3.62. The summed E-state index contributed by atoms with van der Waals surface area (Å²) < 4.78 is 15.0.